The van der Waals surface area contributed by atoms with E-state index in [0.29, 0.717) is 67.5 Å². The van der Waals surface area contributed by atoms with Crippen molar-refractivity contribution in [3.8, 4) is 0 Å². The van der Waals surface area contributed by atoms with Crippen molar-refractivity contribution in [1.82, 2.24) is 17.6 Å². The fraction of sp³-hybridized carbons (Fsp3) is 0.253. The normalized spacial score (nSPS) is 14.0. The van der Waals surface area contributed by atoms with Crippen LogP contribution >= 0.6 is 85.5 Å². The van der Waals surface area contributed by atoms with E-state index in [1.54, 1.807) is 111 Å². The molecule has 4 N–H and O–H groups in total. The molecule has 3 fully saturated rings. The van der Waals surface area contributed by atoms with Crippen LogP contribution in [0.25, 0.3) is 0 Å². The molecule has 0 aromatic heterocycles. The van der Waals surface area contributed by atoms with Crippen molar-refractivity contribution in [3.63, 3.8) is 0 Å². The largest absolute Gasteiger partial charge is 0.322 e. The van der Waals surface area contributed by atoms with Crippen LogP contribution in [0.15, 0.2) is 290 Å². The number of benzene rings is 11. The number of sulfone groups is 1. The summed E-state index contributed by atoms with van der Waals surface area (Å²) in [7, 11) is -18.4. The summed E-state index contributed by atoms with van der Waals surface area (Å²) in [6, 6.07) is 72.6. The first-order valence-electron chi connectivity index (χ1n) is 41.5. The van der Waals surface area contributed by atoms with Gasteiger partial charge in [0.2, 0.25) is 40.1 Å². The Hall–Kier alpha value is -9.02. The van der Waals surface area contributed by atoms with Crippen LogP contribution in [-0.2, 0) is 69.3 Å². The Morgan fingerprint density at radius 3 is 1.29 bits per heavy atom. The molecule has 11 aromatic carbocycles. The number of hydrogen-bond donors (Lipinski definition) is 4. The Kier molecular flexibility index (Phi) is 38.3. The zero-order valence-corrected chi connectivity index (χ0v) is 80.6. The summed E-state index contributed by atoms with van der Waals surface area (Å²) in [5.41, 5.74) is 5.36. The Morgan fingerprint density at radius 2 is 0.798 bits per heavy atom. The van der Waals surface area contributed by atoms with Crippen molar-refractivity contribution >= 4 is 182 Å². The second-order valence-electron chi connectivity index (χ2n) is 30.2. The molecule has 1 aliphatic carbocycles. The summed E-state index contributed by atoms with van der Waals surface area (Å²) < 4.78 is 135. The van der Waals surface area contributed by atoms with Gasteiger partial charge in [-0.1, -0.05) is 265 Å². The molecule has 3 aliphatic rings. The van der Waals surface area contributed by atoms with Gasteiger partial charge in [0.05, 0.1) is 56.8 Å². The first-order valence-corrected chi connectivity index (χ1v) is 52.0. The molecule has 14 rings (SSSR count). The fourth-order valence-electron chi connectivity index (χ4n) is 14.1. The highest BCUT2D eigenvalue weighted by Gasteiger charge is 2.33. The molecule has 1 saturated carbocycles. The number of amides is 3. The van der Waals surface area contributed by atoms with Crippen LogP contribution in [0.4, 0.5) is 17.1 Å². The number of halogens is 7. The summed E-state index contributed by atoms with van der Waals surface area (Å²) in [4.78, 5) is 62.7. The maximum atomic E-state index is 13.1. The molecule has 0 spiro atoms. The van der Waals surface area contributed by atoms with Crippen LogP contribution in [0.2, 0.25) is 30.1 Å². The highest BCUT2D eigenvalue weighted by molar-refractivity contribution is 9.10. The molecule has 34 heteroatoms. The molecule has 0 radical (unpaired) electrons. The van der Waals surface area contributed by atoms with E-state index in [1.165, 1.54) is 73.6 Å². The number of Topliss-reactive ketones (excluding diaryl/α,β-unsaturated/α-hetero) is 2. The molecular weight excluding hydrogens is 1930 g/mol. The van der Waals surface area contributed by atoms with Gasteiger partial charge in [-0.15, -0.1) is 0 Å². The number of carbonyl (C=O) groups is 5. The Morgan fingerprint density at radius 1 is 0.372 bits per heavy atom. The minimum Gasteiger partial charge on any atom is -0.322 e. The standard InChI is InChI=1S/C20H21BrClNO3S.C20H16Cl2N2O3S.C19H21NO3S.C18H18Cl2N2O3S.C18H20ClNO3S/c21-17-8-5-15(6-9-17)13-19(24)16-7-10-18(22)20(14-16)27(25,26)23-11-3-1-2-4-12-23;21-17-12-18(22)19(28(26,27)23-13-14-7-3-1-4-8-14)11-16(17)20(25)24-15-9-5-2-6-10-15;21-19(20-17-10-2-1-3-11-17)16-9-6-12-18(13-16)24(22,23)14-15-7-4-5-8-15;19-15-12-16(20)17(26(24,25)22-9-5-2-6-10-22)11-14(15)18(23)21-13-7-3-1-4-8-13;1-3-20(4-2)24(22,23)15-10-11-17(19)16(13-15)18(21)12-14-8-6-5-7-9-14/h5-10,14H,1-4,11-13H2;1-12,23H,13H2,(H,24,25);1-3,6,9-13,15H,4-5,7-8,14H2,(H,20,21);1,3-4,7-8,11-12H,2,5-6,9-10H2,(H,21,23);5-11,13H,3-4,12H2,1-2H3. The van der Waals surface area contributed by atoms with Gasteiger partial charge in [-0.2, -0.15) is 12.9 Å². The average Bonchev–Trinajstić information content (AvgIpc) is 1.46. The second kappa shape index (κ2) is 48.4. The molecule has 0 bridgehead atoms. The number of rotatable bonds is 27. The van der Waals surface area contributed by atoms with E-state index in [-0.39, 0.29) is 120 Å². The van der Waals surface area contributed by atoms with Gasteiger partial charge in [0.15, 0.2) is 21.4 Å². The van der Waals surface area contributed by atoms with Crippen molar-refractivity contribution in [3.05, 3.63) is 340 Å². The van der Waals surface area contributed by atoms with E-state index < -0.39 is 61.7 Å². The smallest absolute Gasteiger partial charge is 0.257 e. The van der Waals surface area contributed by atoms with Gasteiger partial charge in [-0.25, -0.2) is 46.8 Å². The number of carbonyl (C=O) groups excluding carboxylic acids is 5. The molecule has 0 atom stereocenters. The maximum absolute atomic E-state index is 13.1. The summed E-state index contributed by atoms with van der Waals surface area (Å²) in [5.74, 6) is -1.25. The lowest BCUT2D eigenvalue weighted by atomic mass is 10.0. The van der Waals surface area contributed by atoms with Crippen molar-refractivity contribution in [2.45, 2.75) is 128 Å². The average molecular weight is 2030 g/mol. The summed E-state index contributed by atoms with van der Waals surface area (Å²) in [6.45, 7) is 6.28. The van der Waals surface area contributed by atoms with E-state index >= 15 is 0 Å². The molecule has 680 valence electrons. The van der Waals surface area contributed by atoms with Crippen LogP contribution in [0.1, 0.15) is 153 Å². The van der Waals surface area contributed by atoms with Crippen LogP contribution < -0.4 is 20.7 Å². The summed E-state index contributed by atoms with van der Waals surface area (Å²) in [6.07, 6.45) is 10.9. The number of anilines is 3. The van der Waals surface area contributed by atoms with E-state index in [4.69, 9.17) is 69.6 Å². The van der Waals surface area contributed by atoms with Crippen LogP contribution in [0.5, 0.6) is 0 Å². The minimum atomic E-state index is -3.96. The van der Waals surface area contributed by atoms with E-state index in [0.717, 1.165) is 91.8 Å². The van der Waals surface area contributed by atoms with E-state index in [9.17, 15) is 66.1 Å². The molecule has 129 heavy (non-hydrogen) atoms. The van der Waals surface area contributed by atoms with Crippen molar-refractivity contribution in [2.24, 2.45) is 5.92 Å². The van der Waals surface area contributed by atoms with Gasteiger partial charge >= 0.3 is 0 Å². The van der Waals surface area contributed by atoms with Crippen molar-refractivity contribution < 1.29 is 66.1 Å². The second-order valence-corrected chi connectivity index (χ2v) is 43.1. The topological polar surface area (TPSA) is 314 Å². The minimum absolute atomic E-state index is 0.00926. The molecule has 2 aliphatic heterocycles. The van der Waals surface area contributed by atoms with Gasteiger partial charge in [0, 0.05) is 96.9 Å². The molecular formula is C95H96BrCl6N7O15S5. The SMILES string of the molecule is CCN(CC)S(=O)(=O)c1ccc(Cl)c(C(=O)Cc2ccccc2)c1.O=C(Cc1ccc(Br)cc1)c1ccc(Cl)c(S(=O)(=O)N2CCCCCC2)c1.O=C(Nc1ccccc1)c1cc(S(=O)(=O)N2CCCCC2)c(Cl)cc1Cl.O=C(Nc1ccccc1)c1cc(S(=O)(=O)NCc2ccccc2)c(Cl)cc1Cl.O=C(Nc1ccccc1)c1cccc(S(=O)(=O)CC2CCCC2)c1. The van der Waals surface area contributed by atoms with Crippen LogP contribution in [-0.4, -0.2) is 129 Å². The van der Waals surface area contributed by atoms with Crippen molar-refractivity contribution in [2.75, 3.05) is 61.0 Å². The molecule has 2 heterocycles. The fourth-order valence-corrected chi connectivity index (χ4v) is 24.1. The number of hydrogen-bond acceptors (Lipinski definition) is 15. The first kappa shape index (κ1) is 102. The van der Waals surface area contributed by atoms with Crippen LogP contribution in [0, 0.1) is 5.92 Å². The Balaban J connectivity index is 0.000000168. The lowest BCUT2D eigenvalue weighted by Gasteiger charge is -2.26. The van der Waals surface area contributed by atoms with Gasteiger partial charge < -0.3 is 16.0 Å². The number of para-hydroxylation sites is 3. The third-order valence-corrected chi connectivity index (χ3v) is 33.1. The molecule has 2 saturated heterocycles. The van der Waals surface area contributed by atoms with Crippen LogP contribution in [0.3, 0.4) is 0 Å². The maximum Gasteiger partial charge on any atom is 0.257 e. The Bertz CT molecular complexity index is 6330. The molecule has 11 aromatic rings. The number of ketones is 2. The molecule has 3 amide bonds. The first-order chi connectivity index (χ1) is 61.6. The lowest BCUT2D eigenvalue weighted by molar-refractivity contribution is 0.0984. The van der Waals surface area contributed by atoms with E-state index in [2.05, 4.69) is 36.6 Å². The summed E-state index contributed by atoms with van der Waals surface area (Å²) >= 11 is 40.2. The Labute approximate surface area is 793 Å². The number of nitrogens with zero attached hydrogens (tertiary/aromatic N) is 3. The van der Waals surface area contributed by atoms with Gasteiger partial charge in [-0.3, -0.25) is 24.0 Å². The number of sulfonamides is 4. The van der Waals surface area contributed by atoms with Gasteiger partial charge in [0.25, 0.3) is 17.7 Å². The van der Waals surface area contributed by atoms with Gasteiger partial charge in [-0.05, 0) is 189 Å². The zero-order chi connectivity index (χ0) is 93.1. The highest BCUT2D eigenvalue weighted by atomic mass is 79.9. The molecule has 22 nitrogen and oxygen atoms in total. The number of piperidine rings is 1. The molecule has 0 unspecified atom stereocenters. The predicted molar refractivity (Wildman–Crippen MR) is 517 cm³/mol. The third-order valence-electron chi connectivity index (χ3n) is 21.0. The van der Waals surface area contributed by atoms with Gasteiger partial charge in [0.1, 0.15) is 14.7 Å². The predicted octanol–water partition coefficient (Wildman–Crippen LogP) is 21.9. The highest BCUT2D eigenvalue weighted by Crippen LogP contribution is 2.36. The van der Waals surface area contributed by atoms with E-state index in [1.807, 2.05) is 103 Å². The lowest BCUT2D eigenvalue weighted by Crippen LogP contribution is -2.35. The summed E-state index contributed by atoms with van der Waals surface area (Å²) in [5, 5.41) is 8.66. The number of nitrogens with one attached hydrogen (secondary N) is 4. The van der Waals surface area contributed by atoms with Crippen molar-refractivity contribution in [1.29, 1.82) is 0 Å². The monoisotopic (exact) mass is 2020 g/mol. The zero-order valence-electron chi connectivity index (χ0n) is 70.4. The third kappa shape index (κ3) is 29.2. The quantitative estimate of drug-likeness (QED) is 0.0348.